The Morgan fingerprint density at radius 2 is 1.93 bits per heavy atom. The summed E-state index contributed by atoms with van der Waals surface area (Å²) in [5.41, 5.74) is 2.82. The van der Waals surface area contributed by atoms with E-state index in [9.17, 15) is 0 Å². The van der Waals surface area contributed by atoms with Crippen molar-refractivity contribution in [1.82, 2.24) is 5.32 Å². The fourth-order valence-corrected chi connectivity index (χ4v) is 2.27. The Morgan fingerprint density at radius 1 is 1.27 bits per heavy atom. The molecule has 0 atom stereocenters. The van der Waals surface area contributed by atoms with E-state index in [1.165, 1.54) is 30.4 Å². The second-order valence-electron chi connectivity index (χ2n) is 4.45. The van der Waals surface area contributed by atoms with Crippen molar-refractivity contribution in [2.24, 2.45) is 0 Å². The van der Waals surface area contributed by atoms with Gasteiger partial charge in [0, 0.05) is 12.1 Å². The lowest BCUT2D eigenvalue weighted by molar-refractivity contribution is 0.167. The largest absolute Gasteiger partial charge is 0.395 e. The summed E-state index contributed by atoms with van der Waals surface area (Å²) in [6, 6.07) is 8.74. The van der Waals surface area contributed by atoms with Gasteiger partial charge in [-0.2, -0.15) is 0 Å². The van der Waals surface area contributed by atoms with E-state index < -0.39 is 0 Å². The first kappa shape index (κ1) is 10.7. The highest BCUT2D eigenvalue weighted by Crippen LogP contribution is 2.41. The van der Waals surface area contributed by atoms with E-state index in [2.05, 4.69) is 36.5 Å². The van der Waals surface area contributed by atoms with Crippen LogP contribution in [0.1, 0.15) is 30.4 Å². The first-order chi connectivity index (χ1) is 7.27. The molecule has 0 bridgehead atoms. The van der Waals surface area contributed by atoms with Gasteiger partial charge in [0.1, 0.15) is 0 Å². The molecule has 0 unspecified atom stereocenters. The maximum atomic E-state index is 8.88. The monoisotopic (exact) mass is 205 g/mol. The molecule has 1 fully saturated rings. The molecule has 1 aliphatic carbocycles. The third-order valence-electron chi connectivity index (χ3n) is 3.39. The fraction of sp³-hybridized carbons (Fsp3) is 0.538. The van der Waals surface area contributed by atoms with E-state index in [4.69, 9.17) is 5.11 Å². The molecule has 2 rings (SSSR count). The van der Waals surface area contributed by atoms with Crippen molar-refractivity contribution >= 4 is 0 Å². The molecule has 0 aromatic heterocycles. The fourth-order valence-electron chi connectivity index (χ4n) is 2.27. The Morgan fingerprint density at radius 3 is 2.40 bits per heavy atom. The van der Waals surface area contributed by atoms with E-state index in [0.717, 1.165) is 0 Å². The van der Waals surface area contributed by atoms with Crippen LogP contribution in [0.3, 0.4) is 0 Å². The third-order valence-corrected chi connectivity index (χ3v) is 3.39. The Balaban J connectivity index is 2.14. The molecule has 1 aliphatic rings. The molecule has 0 spiro atoms. The zero-order valence-electron chi connectivity index (χ0n) is 9.29. The van der Waals surface area contributed by atoms with Gasteiger partial charge in [0.25, 0.3) is 0 Å². The van der Waals surface area contributed by atoms with Gasteiger partial charge in [-0.3, -0.25) is 0 Å². The number of hydrogen-bond acceptors (Lipinski definition) is 2. The maximum Gasteiger partial charge on any atom is 0.0556 e. The first-order valence-electron chi connectivity index (χ1n) is 5.70. The number of aryl methyl sites for hydroxylation is 1. The van der Waals surface area contributed by atoms with Crippen LogP contribution in [0.2, 0.25) is 0 Å². The normalized spacial score (nSPS) is 18.5. The summed E-state index contributed by atoms with van der Waals surface area (Å²) < 4.78 is 0. The van der Waals surface area contributed by atoms with Crippen LogP contribution < -0.4 is 5.32 Å². The SMILES string of the molecule is Cc1ccc(C2(NCCO)CCC2)cc1. The zero-order chi connectivity index (χ0) is 10.7. The minimum Gasteiger partial charge on any atom is -0.395 e. The quantitative estimate of drug-likeness (QED) is 0.787. The van der Waals surface area contributed by atoms with Gasteiger partial charge in [-0.1, -0.05) is 29.8 Å². The molecular weight excluding hydrogens is 186 g/mol. The lowest BCUT2D eigenvalue weighted by atomic mass is 9.71. The molecule has 15 heavy (non-hydrogen) atoms. The highest BCUT2D eigenvalue weighted by atomic mass is 16.3. The minimum atomic E-state index is 0.149. The van der Waals surface area contributed by atoms with Gasteiger partial charge in [-0.05, 0) is 31.7 Å². The Kier molecular flexibility index (Phi) is 3.08. The van der Waals surface area contributed by atoms with Crippen LogP contribution in [0.4, 0.5) is 0 Å². The maximum absolute atomic E-state index is 8.88. The molecule has 1 aromatic carbocycles. The van der Waals surface area contributed by atoms with Gasteiger partial charge in [-0.25, -0.2) is 0 Å². The van der Waals surface area contributed by atoms with Crippen LogP contribution in [0.25, 0.3) is 0 Å². The average molecular weight is 205 g/mol. The van der Waals surface area contributed by atoms with Crippen LogP contribution in [-0.4, -0.2) is 18.3 Å². The molecule has 0 saturated heterocycles. The van der Waals surface area contributed by atoms with E-state index in [1.54, 1.807) is 0 Å². The molecule has 2 nitrogen and oxygen atoms in total. The zero-order valence-corrected chi connectivity index (χ0v) is 9.29. The lowest BCUT2D eigenvalue weighted by Gasteiger charge is -2.43. The van der Waals surface area contributed by atoms with Crippen LogP contribution in [0.15, 0.2) is 24.3 Å². The van der Waals surface area contributed by atoms with Crippen LogP contribution in [-0.2, 0) is 5.54 Å². The van der Waals surface area contributed by atoms with E-state index in [1.807, 2.05) is 0 Å². The Hall–Kier alpha value is -0.860. The predicted molar refractivity (Wildman–Crippen MR) is 61.8 cm³/mol. The van der Waals surface area contributed by atoms with Crippen molar-refractivity contribution in [2.45, 2.75) is 31.7 Å². The van der Waals surface area contributed by atoms with Crippen LogP contribution in [0.5, 0.6) is 0 Å². The van der Waals surface area contributed by atoms with Crippen molar-refractivity contribution in [3.63, 3.8) is 0 Å². The standard InChI is InChI=1S/C13H19NO/c1-11-3-5-12(6-4-11)13(7-2-8-13)14-9-10-15/h3-6,14-15H,2,7-10H2,1H3. The molecule has 0 aliphatic heterocycles. The van der Waals surface area contributed by atoms with Gasteiger partial charge in [0.05, 0.1) is 6.61 Å². The Labute approximate surface area is 91.3 Å². The molecule has 2 N–H and O–H groups in total. The van der Waals surface area contributed by atoms with Crippen molar-refractivity contribution < 1.29 is 5.11 Å². The molecule has 0 amide bonds. The molecular formula is C13H19NO. The third kappa shape index (κ3) is 2.06. The van der Waals surface area contributed by atoms with E-state index >= 15 is 0 Å². The van der Waals surface area contributed by atoms with E-state index in [-0.39, 0.29) is 12.1 Å². The van der Waals surface area contributed by atoms with Gasteiger partial charge in [0.15, 0.2) is 0 Å². The van der Waals surface area contributed by atoms with Gasteiger partial charge in [-0.15, -0.1) is 0 Å². The summed E-state index contributed by atoms with van der Waals surface area (Å²) >= 11 is 0. The summed E-state index contributed by atoms with van der Waals surface area (Å²) in [7, 11) is 0. The molecule has 1 aromatic rings. The summed E-state index contributed by atoms with van der Waals surface area (Å²) in [5.74, 6) is 0. The molecule has 82 valence electrons. The second kappa shape index (κ2) is 4.33. The summed E-state index contributed by atoms with van der Waals surface area (Å²) in [6.07, 6.45) is 3.67. The summed E-state index contributed by atoms with van der Waals surface area (Å²) in [6.45, 7) is 3.01. The lowest BCUT2D eigenvalue weighted by Crippen LogP contribution is -2.49. The van der Waals surface area contributed by atoms with Gasteiger partial charge < -0.3 is 10.4 Å². The van der Waals surface area contributed by atoms with Crippen molar-refractivity contribution in [1.29, 1.82) is 0 Å². The number of nitrogens with one attached hydrogen (secondary N) is 1. The number of aliphatic hydroxyl groups is 1. The molecule has 0 heterocycles. The number of aliphatic hydroxyl groups excluding tert-OH is 1. The molecule has 2 heteroatoms. The van der Waals surface area contributed by atoms with Gasteiger partial charge >= 0.3 is 0 Å². The smallest absolute Gasteiger partial charge is 0.0556 e. The van der Waals surface area contributed by atoms with Crippen LogP contribution >= 0.6 is 0 Å². The van der Waals surface area contributed by atoms with Crippen molar-refractivity contribution in [3.8, 4) is 0 Å². The molecule has 0 radical (unpaired) electrons. The molecule has 1 saturated carbocycles. The van der Waals surface area contributed by atoms with Crippen LogP contribution in [0, 0.1) is 6.92 Å². The highest BCUT2D eigenvalue weighted by molar-refractivity contribution is 5.30. The van der Waals surface area contributed by atoms with Gasteiger partial charge in [0.2, 0.25) is 0 Å². The first-order valence-corrected chi connectivity index (χ1v) is 5.70. The number of benzene rings is 1. The van der Waals surface area contributed by atoms with E-state index in [0.29, 0.717) is 6.54 Å². The number of hydrogen-bond donors (Lipinski definition) is 2. The summed E-state index contributed by atoms with van der Waals surface area (Å²) in [4.78, 5) is 0. The van der Waals surface area contributed by atoms with Crippen molar-refractivity contribution in [3.05, 3.63) is 35.4 Å². The highest BCUT2D eigenvalue weighted by Gasteiger charge is 2.37. The Bertz CT molecular complexity index is 314. The summed E-state index contributed by atoms with van der Waals surface area (Å²) in [5, 5.41) is 12.3. The second-order valence-corrected chi connectivity index (χ2v) is 4.45. The predicted octanol–water partition coefficient (Wildman–Crippen LogP) is 1.96. The average Bonchev–Trinajstić information content (AvgIpc) is 2.19. The number of rotatable bonds is 4. The van der Waals surface area contributed by atoms with Crippen molar-refractivity contribution in [2.75, 3.05) is 13.2 Å². The minimum absolute atomic E-state index is 0.149. The topological polar surface area (TPSA) is 32.3 Å².